The second-order valence-corrected chi connectivity index (χ2v) is 7.59. The maximum absolute atomic E-state index is 12.4. The number of aryl methyl sites for hydroxylation is 4. The summed E-state index contributed by atoms with van der Waals surface area (Å²) in [6.07, 6.45) is 0.804. The number of anilines is 1. The number of hydrogen-bond acceptors (Lipinski definition) is 5. The maximum atomic E-state index is 12.4. The summed E-state index contributed by atoms with van der Waals surface area (Å²) in [5.74, 6) is -0.232. The molecule has 0 bridgehead atoms. The number of aromatic nitrogens is 3. The van der Waals surface area contributed by atoms with Gasteiger partial charge in [0.15, 0.2) is 0 Å². The highest BCUT2D eigenvalue weighted by Crippen LogP contribution is 2.28. The first-order valence-corrected chi connectivity index (χ1v) is 9.94. The molecular weight excluding hydrogens is 376 g/mol. The minimum absolute atomic E-state index is 0.0545. The molecule has 0 unspecified atom stereocenters. The fourth-order valence-electron chi connectivity index (χ4n) is 2.95. The van der Waals surface area contributed by atoms with E-state index >= 15 is 0 Å². The van der Waals surface area contributed by atoms with Crippen LogP contribution >= 0.6 is 11.8 Å². The fourth-order valence-corrected chi connectivity index (χ4v) is 3.83. The number of hydrogen-bond donors (Lipinski definition) is 3. The summed E-state index contributed by atoms with van der Waals surface area (Å²) >= 11 is 1.34. The number of aromatic amines is 2. The smallest absolute Gasteiger partial charge is 0.319 e. The molecule has 1 amide bonds. The van der Waals surface area contributed by atoms with Gasteiger partial charge in [0.2, 0.25) is 5.91 Å². The molecule has 0 spiro atoms. The first kappa shape index (κ1) is 19.9. The Kier molecular flexibility index (Phi) is 5.69. The molecule has 0 radical (unpaired) electrons. The van der Waals surface area contributed by atoms with Crippen LogP contribution in [0.15, 0.2) is 32.8 Å². The first-order valence-electron chi connectivity index (χ1n) is 8.95. The summed E-state index contributed by atoms with van der Waals surface area (Å²) in [5.41, 5.74) is 3.46. The van der Waals surface area contributed by atoms with Gasteiger partial charge in [-0.3, -0.25) is 14.6 Å². The zero-order valence-corrected chi connectivity index (χ0v) is 17.0. The van der Waals surface area contributed by atoms with Crippen LogP contribution in [-0.2, 0) is 11.2 Å². The maximum Gasteiger partial charge on any atom is 0.326 e. The van der Waals surface area contributed by atoms with Gasteiger partial charge >= 0.3 is 5.69 Å². The Morgan fingerprint density at radius 2 is 1.93 bits per heavy atom. The van der Waals surface area contributed by atoms with Crippen LogP contribution < -0.4 is 16.6 Å². The molecule has 2 heterocycles. The number of carbonyl (C=O) groups excluding carboxylic acids is 1. The third kappa shape index (κ3) is 4.01. The summed E-state index contributed by atoms with van der Waals surface area (Å²) in [7, 11) is 0. The van der Waals surface area contributed by atoms with Crippen LogP contribution in [0.25, 0.3) is 10.9 Å². The van der Waals surface area contributed by atoms with Gasteiger partial charge in [0.25, 0.3) is 5.56 Å². The van der Waals surface area contributed by atoms with Crippen LogP contribution in [-0.4, -0.2) is 26.6 Å². The van der Waals surface area contributed by atoms with Gasteiger partial charge in [-0.1, -0.05) is 30.8 Å². The molecule has 0 aliphatic rings. The number of nitrogens with zero attached hydrogens (tertiary/aromatic N) is 1. The van der Waals surface area contributed by atoms with Crippen LogP contribution in [0.4, 0.5) is 5.69 Å². The second-order valence-electron chi connectivity index (χ2n) is 6.63. The minimum Gasteiger partial charge on any atom is -0.319 e. The summed E-state index contributed by atoms with van der Waals surface area (Å²) in [5, 5.41) is 4.47. The Bertz CT molecular complexity index is 1180. The molecule has 3 N–H and O–H groups in total. The SMILES string of the molecule is CCc1cc2ccc(C)c(C)c2nc1SCC(=O)Nc1c(C)[nH]c(=O)[nH]c1=O. The number of amides is 1. The lowest BCUT2D eigenvalue weighted by atomic mass is 10.0. The van der Waals surface area contributed by atoms with Gasteiger partial charge in [-0.05, 0) is 49.9 Å². The number of fused-ring (bicyclic) bond motifs is 1. The Morgan fingerprint density at radius 1 is 1.18 bits per heavy atom. The molecule has 3 aromatic rings. The molecule has 28 heavy (non-hydrogen) atoms. The monoisotopic (exact) mass is 398 g/mol. The number of rotatable bonds is 5. The zero-order valence-electron chi connectivity index (χ0n) is 16.2. The van der Waals surface area contributed by atoms with Crippen molar-refractivity contribution in [3.05, 3.63) is 61.4 Å². The van der Waals surface area contributed by atoms with Crippen molar-refractivity contribution in [3.8, 4) is 0 Å². The molecule has 2 aromatic heterocycles. The van der Waals surface area contributed by atoms with Crippen LogP contribution in [0, 0.1) is 20.8 Å². The van der Waals surface area contributed by atoms with Crippen molar-refractivity contribution >= 4 is 34.3 Å². The average molecular weight is 398 g/mol. The second kappa shape index (κ2) is 8.02. The molecular formula is C20H22N4O3S. The molecule has 3 rings (SSSR count). The molecule has 0 fully saturated rings. The summed E-state index contributed by atoms with van der Waals surface area (Å²) < 4.78 is 0. The summed E-state index contributed by atoms with van der Waals surface area (Å²) in [6.45, 7) is 7.71. The highest BCUT2D eigenvalue weighted by Gasteiger charge is 2.14. The number of H-pyrrole nitrogens is 2. The van der Waals surface area contributed by atoms with Crippen LogP contribution in [0.5, 0.6) is 0 Å². The van der Waals surface area contributed by atoms with Crippen LogP contribution in [0.1, 0.15) is 29.3 Å². The Hall–Kier alpha value is -2.87. The zero-order chi connectivity index (χ0) is 20.4. The molecule has 0 saturated heterocycles. The van der Waals surface area contributed by atoms with Gasteiger partial charge in [-0.2, -0.15) is 0 Å². The van der Waals surface area contributed by atoms with Crippen molar-refractivity contribution in [2.75, 3.05) is 11.1 Å². The van der Waals surface area contributed by atoms with Crippen molar-refractivity contribution in [3.63, 3.8) is 0 Å². The molecule has 0 aliphatic heterocycles. The lowest BCUT2D eigenvalue weighted by molar-refractivity contribution is -0.113. The molecule has 8 heteroatoms. The van der Waals surface area contributed by atoms with E-state index < -0.39 is 11.2 Å². The predicted molar refractivity (Wildman–Crippen MR) is 112 cm³/mol. The van der Waals surface area contributed by atoms with Gasteiger partial charge in [0.1, 0.15) is 10.7 Å². The summed E-state index contributed by atoms with van der Waals surface area (Å²) in [6, 6.07) is 6.27. The number of nitrogens with one attached hydrogen (secondary N) is 3. The average Bonchev–Trinajstić information content (AvgIpc) is 2.65. The van der Waals surface area contributed by atoms with Crippen molar-refractivity contribution in [1.29, 1.82) is 0 Å². The number of pyridine rings is 1. The lowest BCUT2D eigenvalue weighted by Gasteiger charge is -2.12. The van der Waals surface area contributed by atoms with Crippen molar-refractivity contribution < 1.29 is 4.79 Å². The molecule has 7 nitrogen and oxygen atoms in total. The number of carbonyl (C=O) groups is 1. The first-order chi connectivity index (χ1) is 13.3. The largest absolute Gasteiger partial charge is 0.326 e. The predicted octanol–water partition coefficient (Wildman–Crippen LogP) is 2.83. The standard InChI is InChI=1S/C20H22N4O3S/c1-5-13-8-14-7-6-10(2)11(3)16(14)23-19(13)28-9-15(25)22-17-12(4)21-20(27)24-18(17)26/h6-8H,5,9H2,1-4H3,(H,22,25)(H2,21,24,26,27). The topological polar surface area (TPSA) is 108 Å². The van der Waals surface area contributed by atoms with Gasteiger partial charge in [0.05, 0.1) is 11.3 Å². The van der Waals surface area contributed by atoms with E-state index in [-0.39, 0.29) is 17.3 Å². The van der Waals surface area contributed by atoms with Crippen LogP contribution in [0.2, 0.25) is 0 Å². The van der Waals surface area contributed by atoms with Crippen LogP contribution in [0.3, 0.4) is 0 Å². The lowest BCUT2D eigenvalue weighted by Crippen LogP contribution is -2.29. The quantitative estimate of drug-likeness (QED) is 0.573. The van der Waals surface area contributed by atoms with E-state index in [1.165, 1.54) is 17.3 Å². The third-order valence-corrected chi connectivity index (χ3v) is 5.70. The third-order valence-electron chi connectivity index (χ3n) is 4.67. The number of thioether (sulfide) groups is 1. The van der Waals surface area contributed by atoms with E-state index in [9.17, 15) is 14.4 Å². The molecule has 0 saturated carbocycles. The Balaban J connectivity index is 1.83. The normalized spacial score (nSPS) is 11.0. The number of benzene rings is 1. The molecule has 0 atom stereocenters. The highest BCUT2D eigenvalue weighted by molar-refractivity contribution is 8.00. The van der Waals surface area contributed by atoms with E-state index in [2.05, 4.69) is 47.3 Å². The van der Waals surface area contributed by atoms with E-state index in [4.69, 9.17) is 4.98 Å². The Morgan fingerprint density at radius 3 is 2.61 bits per heavy atom. The summed E-state index contributed by atoms with van der Waals surface area (Å²) in [4.78, 5) is 44.9. The van der Waals surface area contributed by atoms with E-state index in [1.807, 2.05) is 6.92 Å². The van der Waals surface area contributed by atoms with Crippen molar-refractivity contribution in [2.24, 2.45) is 0 Å². The van der Waals surface area contributed by atoms with Gasteiger partial charge in [-0.15, -0.1) is 0 Å². The van der Waals surface area contributed by atoms with Gasteiger partial charge < -0.3 is 10.3 Å². The molecule has 0 aliphatic carbocycles. The highest BCUT2D eigenvalue weighted by atomic mass is 32.2. The molecule has 146 valence electrons. The van der Waals surface area contributed by atoms with E-state index in [0.29, 0.717) is 5.69 Å². The van der Waals surface area contributed by atoms with Crippen molar-refractivity contribution in [2.45, 2.75) is 39.1 Å². The van der Waals surface area contributed by atoms with Crippen molar-refractivity contribution in [1.82, 2.24) is 15.0 Å². The Labute approximate surface area is 166 Å². The van der Waals surface area contributed by atoms with Gasteiger partial charge in [0, 0.05) is 11.1 Å². The fraction of sp³-hybridized carbons (Fsp3) is 0.300. The van der Waals surface area contributed by atoms with Gasteiger partial charge in [-0.25, -0.2) is 9.78 Å². The van der Waals surface area contributed by atoms with E-state index in [1.54, 1.807) is 6.92 Å². The van der Waals surface area contributed by atoms with E-state index in [0.717, 1.165) is 33.5 Å². The molecule has 1 aromatic carbocycles. The minimum atomic E-state index is -0.622.